The van der Waals surface area contributed by atoms with Crippen molar-refractivity contribution in [2.24, 2.45) is 0 Å². The van der Waals surface area contributed by atoms with Crippen molar-refractivity contribution in [3.8, 4) is 0 Å². The number of rotatable bonds is 13. The highest BCUT2D eigenvalue weighted by Gasteiger charge is 2.22. The molecule has 0 aliphatic rings. The number of aliphatic hydroxyl groups is 2. The van der Waals surface area contributed by atoms with Crippen LogP contribution >= 0.6 is 11.3 Å². The largest absolute Gasteiger partial charge is 0.463 e. The van der Waals surface area contributed by atoms with Gasteiger partial charge in [-0.3, -0.25) is 4.90 Å². The number of benzene rings is 2. The van der Waals surface area contributed by atoms with E-state index in [9.17, 15) is 15.0 Å². The van der Waals surface area contributed by atoms with Crippen LogP contribution in [-0.2, 0) is 16.0 Å². The Morgan fingerprint density at radius 3 is 2.03 bits per heavy atom. The third kappa shape index (κ3) is 8.42. The molecule has 0 bridgehead atoms. The fraction of sp³-hybridized carbons (Fsp3) is 0.367. The summed E-state index contributed by atoms with van der Waals surface area (Å²) in [6.07, 6.45) is 2.02. The number of aryl methyl sites for hydroxylation is 1. The van der Waals surface area contributed by atoms with Crippen LogP contribution in [0.5, 0.6) is 0 Å². The summed E-state index contributed by atoms with van der Waals surface area (Å²) in [5.41, 5.74) is 2.64. The second-order valence-corrected chi connectivity index (χ2v) is 10.2. The molecule has 2 aromatic carbocycles. The number of ether oxygens (including phenoxy) is 1. The van der Waals surface area contributed by atoms with E-state index in [-0.39, 0.29) is 12.0 Å². The van der Waals surface area contributed by atoms with Crippen LogP contribution in [0.2, 0.25) is 0 Å². The van der Waals surface area contributed by atoms with Crippen molar-refractivity contribution < 1.29 is 19.7 Å². The highest BCUT2D eigenvalue weighted by molar-refractivity contribution is 7.13. The Hall–Kier alpha value is -2.77. The minimum atomic E-state index is -0.638. The van der Waals surface area contributed by atoms with Gasteiger partial charge in [-0.2, -0.15) is 0 Å². The molecule has 0 radical (unpaired) electrons. The van der Waals surface area contributed by atoms with E-state index in [0.29, 0.717) is 19.7 Å². The SMILES string of the molecule is CCOC(=O)/C=C(\C)c1ccc(CC[C@@H](C)N(C[C@H](O)c2ccccc2)C[C@H](O)c2ccccc2)s1. The molecule has 0 spiro atoms. The van der Waals surface area contributed by atoms with Crippen LogP contribution in [0.25, 0.3) is 5.57 Å². The summed E-state index contributed by atoms with van der Waals surface area (Å²) in [5.74, 6) is -0.317. The number of esters is 1. The molecule has 192 valence electrons. The van der Waals surface area contributed by atoms with E-state index >= 15 is 0 Å². The van der Waals surface area contributed by atoms with Gasteiger partial charge in [-0.05, 0) is 62.4 Å². The number of aliphatic hydroxyl groups excluding tert-OH is 2. The lowest BCUT2D eigenvalue weighted by molar-refractivity contribution is -0.137. The monoisotopic (exact) mass is 507 g/mol. The molecule has 1 aromatic heterocycles. The van der Waals surface area contributed by atoms with E-state index in [1.165, 1.54) is 4.88 Å². The fourth-order valence-corrected chi connectivity index (χ4v) is 5.12. The van der Waals surface area contributed by atoms with Crippen molar-refractivity contribution in [1.82, 2.24) is 4.90 Å². The molecule has 1 heterocycles. The number of nitrogens with zero attached hydrogens (tertiary/aromatic N) is 1. The first-order valence-corrected chi connectivity index (χ1v) is 13.3. The zero-order valence-corrected chi connectivity index (χ0v) is 22.2. The van der Waals surface area contributed by atoms with E-state index in [4.69, 9.17) is 4.74 Å². The summed E-state index contributed by atoms with van der Waals surface area (Å²) in [7, 11) is 0. The Bertz CT molecular complexity index is 1050. The van der Waals surface area contributed by atoms with Crippen molar-refractivity contribution >= 4 is 22.9 Å². The number of hydrogen-bond acceptors (Lipinski definition) is 6. The molecule has 6 heteroatoms. The highest BCUT2D eigenvalue weighted by Crippen LogP contribution is 2.27. The summed E-state index contributed by atoms with van der Waals surface area (Å²) < 4.78 is 5.02. The Kier molecular flexibility index (Phi) is 10.9. The molecule has 3 atom stereocenters. The maximum Gasteiger partial charge on any atom is 0.331 e. The quantitative estimate of drug-likeness (QED) is 0.226. The molecule has 0 saturated carbocycles. The van der Waals surface area contributed by atoms with Gasteiger partial charge in [0.25, 0.3) is 0 Å². The Morgan fingerprint density at radius 2 is 1.50 bits per heavy atom. The van der Waals surface area contributed by atoms with Gasteiger partial charge in [0.1, 0.15) is 0 Å². The Balaban J connectivity index is 1.67. The summed E-state index contributed by atoms with van der Waals surface area (Å²) in [4.78, 5) is 16.2. The molecule has 3 rings (SSSR count). The fourth-order valence-electron chi connectivity index (χ4n) is 4.13. The molecule has 2 N–H and O–H groups in total. The summed E-state index contributed by atoms with van der Waals surface area (Å²) in [6.45, 7) is 7.11. The third-order valence-corrected chi connectivity index (χ3v) is 7.57. The molecule has 3 aromatic rings. The van der Waals surface area contributed by atoms with Crippen LogP contribution in [0.3, 0.4) is 0 Å². The molecule has 0 unspecified atom stereocenters. The first-order chi connectivity index (χ1) is 17.4. The molecular formula is C30H37NO4S. The van der Waals surface area contributed by atoms with Crippen molar-refractivity contribution in [2.45, 2.75) is 51.9 Å². The number of allylic oxidation sites excluding steroid dienone is 1. The number of carbonyl (C=O) groups excluding carboxylic acids is 1. The van der Waals surface area contributed by atoms with Gasteiger partial charge in [0.15, 0.2) is 0 Å². The second kappa shape index (κ2) is 14.1. The Morgan fingerprint density at radius 1 is 0.944 bits per heavy atom. The van der Waals surface area contributed by atoms with E-state index < -0.39 is 12.2 Å². The summed E-state index contributed by atoms with van der Waals surface area (Å²) in [5, 5.41) is 21.8. The van der Waals surface area contributed by atoms with Crippen molar-refractivity contribution in [3.63, 3.8) is 0 Å². The molecule has 5 nitrogen and oxygen atoms in total. The normalized spacial score (nSPS) is 14.4. The van der Waals surface area contributed by atoms with Gasteiger partial charge < -0.3 is 14.9 Å². The molecule has 0 fully saturated rings. The minimum absolute atomic E-state index is 0.142. The molecule has 0 amide bonds. The molecule has 36 heavy (non-hydrogen) atoms. The minimum Gasteiger partial charge on any atom is -0.463 e. The predicted octanol–water partition coefficient (Wildman–Crippen LogP) is 5.80. The topological polar surface area (TPSA) is 70.0 Å². The van der Waals surface area contributed by atoms with Crippen molar-refractivity contribution in [1.29, 1.82) is 0 Å². The van der Waals surface area contributed by atoms with Gasteiger partial charge in [-0.1, -0.05) is 60.7 Å². The van der Waals surface area contributed by atoms with Gasteiger partial charge in [0.2, 0.25) is 0 Å². The number of hydrogen-bond donors (Lipinski definition) is 2. The lowest BCUT2D eigenvalue weighted by atomic mass is 10.0. The third-order valence-electron chi connectivity index (χ3n) is 6.29. The summed E-state index contributed by atoms with van der Waals surface area (Å²) >= 11 is 1.68. The number of carbonyl (C=O) groups is 1. The molecular weight excluding hydrogens is 470 g/mol. The Labute approximate surface area is 218 Å². The van der Waals surface area contributed by atoms with E-state index in [1.54, 1.807) is 24.3 Å². The zero-order valence-electron chi connectivity index (χ0n) is 21.3. The van der Waals surface area contributed by atoms with Crippen molar-refractivity contribution in [3.05, 3.63) is 99.8 Å². The predicted molar refractivity (Wildman–Crippen MR) is 147 cm³/mol. The van der Waals surface area contributed by atoms with Gasteiger partial charge >= 0.3 is 5.97 Å². The van der Waals surface area contributed by atoms with Crippen LogP contribution in [0.15, 0.2) is 78.9 Å². The van der Waals surface area contributed by atoms with Crippen LogP contribution in [-0.4, -0.2) is 46.8 Å². The van der Waals surface area contributed by atoms with Gasteiger partial charge in [0, 0.05) is 35.0 Å². The molecule has 0 aliphatic carbocycles. The van der Waals surface area contributed by atoms with Gasteiger partial charge in [-0.25, -0.2) is 4.79 Å². The van der Waals surface area contributed by atoms with Crippen molar-refractivity contribution in [2.75, 3.05) is 19.7 Å². The smallest absolute Gasteiger partial charge is 0.331 e. The van der Waals surface area contributed by atoms with E-state index in [2.05, 4.69) is 17.9 Å². The first kappa shape index (κ1) is 27.8. The van der Waals surface area contributed by atoms with Crippen LogP contribution in [0.4, 0.5) is 0 Å². The standard InChI is InChI=1S/C30H37NO4S/c1-4-35-30(34)19-22(2)29-18-17-26(36-29)16-15-23(3)31(20-27(32)24-11-7-5-8-12-24)21-28(33)25-13-9-6-10-14-25/h5-14,17-19,23,27-28,32-33H,4,15-16,20-21H2,1-3H3/b22-19+/t23-,27+,28+/m1/s1. The van der Waals surface area contributed by atoms with Crippen LogP contribution in [0, 0.1) is 0 Å². The maximum absolute atomic E-state index is 11.8. The highest BCUT2D eigenvalue weighted by atomic mass is 32.1. The summed E-state index contributed by atoms with van der Waals surface area (Å²) in [6, 6.07) is 23.6. The van der Waals surface area contributed by atoms with Crippen LogP contribution in [0.1, 0.15) is 60.3 Å². The molecule has 0 aliphatic heterocycles. The average molecular weight is 508 g/mol. The molecule has 0 saturated heterocycles. The first-order valence-electron chi connectivity index (χ1n) is 12.5. The zero-order chi connectivity index (χ0) is 25.9. The lowest BCUT2D eigenvalue weighted by Gasteiger charge is -2.33. The van der Waals surface area contributed by atoms with E-state index in [1.807, 2.05) is 73.7 Å². The maximum atomic E-state index is 11.8. The van der Waals surface area contributed by atoms with Gasteiger partial charge in [-0.15, -0.1) is 11.3 Å². The van der Waals surface area contributed by atoms with Crippen LogP contribution < -0.4 is 0 Å². The lowest BCUT2D eigenvalue weighted by Crippen LogP contribution is -2.39. The second-order valence-electron chi connectivity index (χ2n) is 9.04. The number of thiophene rings is 1. The average Bonchev–Trinajstić information content (AvgIpc) is 3.37. The van der Waals surface area contributed by atoms with E-state index in [0.717, 1.165) is 34.4 Å². The van der Waals surface area contributed by atoms with Gasteiger partial charge in [0.05, 0.1) is 18.8 Å².